The van der Waals surface area contributed by atoms with Crippen molar-refractivity contribution < 1.29 is 23.7 Å². The van der Waals surface area contributed by atoms with E-state index in [-0.39, 0.29) is 6.61 Å². The van der Waals surface area contributed by atoms with Crippen LogP contribution in [0.2, 0.25) is 0 Å². The first-order chi connectivity index (χ1) is 12.7. The summed E-state index contributed by atoms with van der Waals surface area (Å²) < 4.78 is 21.4. The van der Waals surface area contributed by atoms with Gasteiger partial charge in [0, 0.05) is 13.1 Å². The van der Waals surface area contributed by atoms with E-state index in [0.29, 0.717) is 37.7 Å². The zero-order chi connectivity index (χ0) is 18.8. The van der Waals surface area contributed by atoms with Crippen LogP contribution in [0.4, 0.5) is 0 Å². The zero-order valence-electron chi connectivity index (χ0n) is 15.4. The quantitative estimate of drug-likeness (QED) is 0.463. The highest BCUT2D eigenvalue weighted by atomic mass is 16.5. The lowest BCUT2D eigenvalue weighted by Gasteiger charge is -2.24. The number of aliphatic hydroxyl groups excluding tert-OH is 1. The molecule has 0 amide bonds. The van der Waals surface area contributed by atoms with Crippen molar-refractivity contribution in [2.24, 2.45) is 0 Å². The number of hydrogen-bond acceptors (Lipinski definition) is 6. The van der Waals surface area contributed by atoms with Crippen LogP contribution in [0.1, 0.15) is 11.3 Å². The van der Waals surface area contributed by atoms with Crippen LogP contribution in [0.25, 0.3) is 0 Å². The number of nitrogens with zero attached hydrogens (tertiary/aromatic N) is 1. The second-order valence-electron chi connectivity index (χ2n) is 5.92. The van der Waals surface area contributed by atoms with E-state index in [1.807, 2.05) is 30.3 Å². The summed E-state index contributed by atoms with van der Waals surface area (Å²) in [5, 5.41) is 10.3. The number of aliphatic hydroxyl groups is 1. The van der Waals surface area contributed by atoms with Gasteiger partial charge in [0.2, 0.25) is 0 Å². The first-order valence-electron chi connectivity index (χ1n) is 8.48. The molecule has 6 nitrogen and oxygen atoms in total. The van der Waals surface area contributed by atoms with Crippen molar-refractivity contribution in [1.82, 2.24) is 4.90 Å². The van der Waals surface area contributed by atoms with Crippen LogP contribution >= 0.6 is 0 Å². The highest BCUT2D eigenvalue weighted by molar-refractivity contribution is 5.42. The maximum Gasteiger partial charge on any atom is 0.161 e. The lowest BCUT2D eigenvalue weighted by atomic mass is 10.1. The van der Waals surface area contributed by atoms with Gasteiger partial charge in [-0.05, 0) is 29.8 Å². The van der Waals surface area contributed by atoms with Crippen LogP contribution in [0.3, 0.4) is 0 Å². The van der Waals surface area contributed by atoms with Gasteiger partial charge in [0.15, 0.2) is 11.5 Å². The molecule has 26 heavy (non-hydrogen) atoms. The van der Waals surface area contributed by atoms with Crippen molar-refractivity contribution in [3.63, 3.8) is 0 Å². The largest absolute Gasteiger partial charge is 0.493 e. The molecule has 0 aliphatic carbocycles. The van der Waals surface area contributed by atoms with Gasteiger partial charge in [-0.25, -0.2) is 0 Å². The van der Waals surface area contributed by atoms with E-state index in [4.69, 9.17) is 18.6 Å². The maximum atomic E-state index is 10.3. The monoisotopic (exact) mass is 361 g/mol. The van der Waals surface area contributed by atoms with Gasteiger partial charge in [-0.1, -0.05) is 12.1 Å². The van der Waals surface area contributed by atoms with E-state index in [0.717, 1.165) is 11.3 Å². The molecule has 142 valence electrons. The molecule has 1 aromatic heterocycles. The molecule has 6 heteroatoms. The number of hydrogen-bond donors (Lipinski definition) is 1. The molecule has 0 aliphatic heterocycles. The molecular formula is C20H27NO5. The summed E-state index contributed by atoms with van der Waals surface area (Å²) in [6, 6.07) is 9.57. The molecule has 0 bridgehead atoms. The Morgan fingerprint density at radius 3 is 2.65 bits per heavy atom. The normalized spacial score (nSPS) is 12.2. The minimum Gasteiger partial charge on any atom is -0.493 e. The van der Waals surface area contributed by atoms with Gasteiger partial charge in [-0.15, -0.1) is 6.58 Å². The fourth-order valence-electron chi connectivity index (χ4n) is 2.68. The average Bonchev–Trinajstić information content (AvgIpc) is 3.14. The van der Waals surface area contributed by atoms with Crippen molar-refractivity contribution in [3.05, 3.63) is 60.6 Å². The molecule has 0 saturated carbocycles. The molecule has 1 aromatic carbocycles. The topological polar surface area (TPSA) is 64.3 Å². The smallest absolute Gasteiger partial charge is 0.161 e. The summed E-state index contributed by atoms with van der Waals surface area (Å²) in [5.74, 6) is 2.20. The van der Waals surface area contributed by atoms with Crippen LogP contribution in [0, 0.1) is 0 Å². The van der Waals surface area contributed by atoms with Crippen LogP contribution < -0.4 is 9.47 Å². The lowest BCUT2D eigenvalue weighted by Crippen LogP contribution is -2.34. The average molecular weight is 361 g/mol. The van der Waals surface area contributed by atoms with Crippen LogP contribution in [0.15, 0.2) is 53.7 Å². The molecule has 1 atom stereocenters. The Kier molecular flexibility index (Phi) is 8.21. The third-order valence-electron chi connectivity index (χ3n) is 3.83. The second kappa shape index (κ2) is 10.7. The zero-order valence-corrected chi connectivity index (χ0v) is 15.4. The fourth-order valence-corrected chi connectivity index (χ4v) is 2.68. The van der Waals surface area contributed by atoms with Crippen molar-refractivity contribution in [2.75, 3.05) is 34.0 Å². The number of furan rings is 1. The Labute approximate surface area is 154 Å². The molecule has 0 unspecified atom stereocenters. The van der Waals surface area contributed by atoms with Gasteiger partial charge in [0.05, 0.1) is 46.3 Å². The Morgan fingerprint density at radius 2 is 2.00 bits per heavy atom. The molecule has 1 heterocycles. The van der Waals surface area contributed by atoms with Crippen LogP contribution in [-0.2, 0) is 17.8 Å². The SMILES string of the molecule is C=CCOC[C@H](O)CN(Cc1ccc(OC)c(OC)c1)Cc1ccco1. The van der Waals surface area contributed by atoms with Crippen molar-refractivity contribution >= 4 is 0 Å². The predicted octanol–water partition coefficient (Wildman–Crippen LogP) is 2.86. The van der Waals surface area contributed by atoms with E-state index in [9.17, 15) is 5.11 Å². The van der Waals surface area contributed by atoms with Crippen LogP contribution in [0.5, 0.6) is 11.5 Å². The van der Waals surface area contributed by atoms with E-state index in [2.05, 4.69) is 11.5 Å². The second-order valence-corrected chi connectivity index (χ2v) is 5.92. The molecular weight excluding hydrogens is 334 g/mol. The van der Waals surface area contributed by atoms with Gasteiger partial charge in [0.1, 0.15) is 5.76 Å². The number of ether oxygens (including phenoxy) is 3. The summed E-state index contributed by atoms with van der Waals surface area (Å²) in [6.07, 6.45) is 2.70. The summed E-state index contributed by atoms with van der Waals surface area (Å²) in [6.45, 7) is 5.94. The van der Waals surface area contributed by atoms with Crippen molar-refractivity contribution in [2.45, 2.75) is 19.2 Å². The first kappa shape index (κ1) is 20.0. The Morgan fingerprint density at radius 1 is 1.19 bits per heavy atom. The third-order valence-corrected chi connectivity index (χ3v) is 3.83. The van der Waals surface area contributed by atoms with Gasteiger partial charge in [-0.2, -0.15) is 0 Å². The number of methoxy groups -OCH3 is 2. The fraction of sp³-hybridized carbons (Fsp3) is 0.400. The summed E-state index contributed by atoms with van der Waals surface area (Å²) in [4.78, 5) is 2.10. The van der Waals surface area contributed by atoms with Gasteiger partial charge in [-0.3, -0.25) is 4.90 Å². The molecule has 2 rings (SSSR count). The standard InChI is InChI=1S/C20H27NO5/c1-4-9-25-15-17(22)13-21(14-18-6-5-10-26-18)12-16-7-8-19(23-2)20(11-16)24-3/h4-8,10-11,17,22H,1,9,12-15H2,2-3H3/t17-/m1/s1. The third kappa shape index (κ3) is 6.22. The van der Waals surface area contributed by atoms with Gasteiger partial charge < -0.3 is 23.7 Å². The summed E-state index contributed by atoms with van der Waals surface area (Å²) in [5.41, 5.74) is 1.05. The molecule has 0 aliphatic rings. The molecule has 2 aromatic rings. The highest BCUT2D eigenvalue weighted by Crippen LogP contribution is 2.28. The summed E-state index contributed by atoms with van der Waals surface area (Å²) >= 11 is 0. The minimum atomic E-state index is -0.606. The molecule has 1 N–H and O–H groups in total. The van der Waals surface area contributed by atoms with E-state index < -0.39 is 6.10 Å². The predicted molar refractivity (Wildman–Crippen MR) is 99.4 cm³/mol. The maximum absolute atomic E-state index is 10.3. The molecule has 0 radical (unpaired) electrons. The Balaban J connectivity index is 2.06. The Bertz CT molecular complexity index is 656. The van der Waals surface area contributed by atoms with Crippen molar-refractivity contribution in [1.29, 1.82) is 0 Å². The van der Waals surface area contributed by atoms with Gasteiger partial charge in [0.25, 0.3) is 0 Å². The van der Waals surface area contributed by atoms with E-state index >= 15 is 0 Å². The molecule has 0 saturated heterocycles. The number of benzene rings is 1. The number of rotatable bonds is 12. The van der Waals surface area contributed by atoms with Gasteiger partial charge >= 0.3 is 0 Å². The highest BCUT2D eigenvalue weighted by Gasteiger charge is 2.15. The van der Waals surface area contributed by atoms with E-state index in [1.165, 1.54) is 0 Å². The van der Waals surface area contributed by atoms with E-state index in [1.54, 1.807) is 26.6 Å². The summed E-state index contributed by atoms with van der Waals surface area (Å²) in [7, 11) is 3.23. The minimum absolute atomic E-state index is 0.257. The first-order valence-corrected chi connectivity index (χ1v) is 8.48. The molecule has 0 spiro atoms. The van der Waals surface area contributed by atoms with Crippen molar-refractivity contribution in [3.8, 4) is 11.5 Å². The Hall–Kier alpha value is -2.28. The van der Waals surface area contributed by atoms with Crippen LogP contribution in [-0.4, -0.2) is 50.1 Å². The lowest BCUT2D eigenvalue weighted by molar-refractivity contribution is 0.0215. The molecule has 0 fully saturated rings.